The smallest absolute Gasteiger partial charge is 0.276 e. The third-order valence-electron chi connectivity index (χ3n) is 4.13. The van der Waals surface area contributed by atoms with Crippen LogP contribution < -0.4 is 5.32 Å². The van der Waals surface area contributed by atoms with Crippen molar-refractivity contribution in [3.63, 3.8) is 0 Å². The van der Waals surface area contributed by atoms with Gasteiger partial charge in [-0.15, -0.1) is 0 Å². The third kappa shape index (κ3) is 4.52. The number of hydrogen-bond donors (Lipinski definition) is 2. The van der Waals surface area contributed by atoms with Gasteiger partial charge in [-0.2, -0.15) is 5.10 Å². The number of aromatic nitrogens is 2. The zero-order valence-electron chi connectivity index (χ0n) is 15.5. The van der Waals surface area contributed by atoms with Crippen molar-refractivity contribution in [3.05, 3.63) is 46.2 Å². The molecule has 1 aromatic carbocycles. The molecule has 26 heavy (non-hydrogen) atoms. The molecule has 0 aliphatic carbocycles. The second-order valence-electron chi connectivity index (χ2n) is 6.48. The van der Waals surface area contributed by atoms with Crippen LogP contribution in [0.1, 0.15) is 56.2 Å². The second-order valence-corrected chi connectivity index (χ2v) is 7.28. The molecule has 2 aromatic rings. The molecule has 1 atom stereocenters. The Morgan fingerprint density at radius 2 is 1.88 bits per heavy atom. The highest BCUT2D eigenvalue weighted by molar-refractivity contribution is 9.10. The van der Waals surface area contributed by atoms with Gasteiger partial charge in [0.25, 0.3) is 5.91 Å². The first kappa shape index (κ1) is 20.2. The van der Waals surface area contributed by atoms with Crippen LogP contribution in [0.4, 0.5) is 5.69 Å². The van der Waals surface area contributed by atoms with Gasteiger partial charge in [-0.05, 0) is 47.3 Å². The number of H-pyrrole nitrogens is 1. The highest BCUT2D eigenvalue weighted by Crippen LogP contribution is 2.27. The Kier molecular flexibility index (Phi) is 6.97. The van der Waals surface area contributed by atoms with E-state index in [1.165, 1.54) is 0 Å². The molecule has 0 saturated heterocycles. The van der Waals surface area contributed by atoms with Crippen molar-refractivity contribution in [1.82, 2.24) is 15.1 Å². The fourth-order valence-electron chi connectivity index (χ4n) is 2.62. The Bertz CT molecular complexity index is 758. The van der Waals surface area contributed by atoms with E-state index in [1.807, 2.05) is 51.1 Å². The lowest BCUT2D eigenvalue weighted by atomic mass is 10.1. The molecule has 6 nitrogen and oxygen atoms in total. The molecule has 0 spiro atoms. The first-order chi connectivity index (χ1) is 12.4. The molecule has 2 rings (SSSR count). The third-order valence-corrected chi connectivity index (χ3v) is 4.93. The van der Waals surface area contributed by atoms with Gasteiger partial charge in [0.2, 0.25) is 5.91 Å². The SMILES string of the molecule is CCCN(C(=O)c1n[nH]c(C(C)C)c1Br)C(C)C(=O)Nc1ccccc1. The summed E-state index contributed by atoms with van der Waals surface area (Å²) in [7, 11) is 0. The molecule has 0 aliphatic heterocycles. The minimum absolute atomic E-state index is 0.205. The number of rotatable bonds is 7. The van der Waals surface area contributed by atoms with E-state index in [1.54, 1.807) is 11.8 Å². The molecule has 140 valence electrons. The summed E-state index contributed by atoms with van der Waals surface area (Å²) in [6, 6.07) is 8.60. The van der Waals surface area contributed by atoms with E-state index in [9.17, 15) is 9.59 Å². The lowest BCUT2D eigenvalue weighted by molar-refractivity contribution is -0.120. The molecular formula is C19H25BrN4O2. The van der Waals surface area contributed by atoms with E-state index in [4.69, 9.17) is 0 Å². The summed E-state index contributed by atoms with van der Waals surface area (Å²) >= 11 is 3.47. The highest BCUT2D eigenvalue weighted by Gasteiger charge is 2.30. The van der Waals surface area contributed by atoms with Crippen molar-refractivity contribution in [3.8, 4) is 0 Å². The molecule has 0 fully saturated rings. The quantitative estimate of drug-likeness (QED) is 0.704. The van der Waals surface area contributed by atoms with E-state index in [0.29, 0.717) is 22.4 Å². The first-order valence-corrected chi connectivity index (χ1v) is 9.56. The van der Waals surface area contributed by atoms with Crippen molar-refractivity contribution in [2.24, 2.45) is 0 Å². The average Bonchev–Trinajstić information content (AvgIpc) is 3.01. The van der Waals surface area contributed by atoms with Crippen LogP contribution in [0.5, 0.6) is 0 Å². The predicted octanol–water partition coefficient (Wildman–Crippen LogP) is 4.18. The predicted molar refractivity (Wildman–Crippen MR) is 106 cm³/mol. The number of nitrogens with one attached hydrogen (secondary N) is 2. The topological polar surface area (TPSA) is 78.1 Å². The number of benzene rings is 1. The summed E-state index contributed by atoms with van der Waals surface area (Å²) in [6.45, 7) is 8.22. The molecule has 0 bridgehead atoms. The lowest BCUT2D eigenvalue weighted by Crippen LogP contribution is -2.46. The molecule has 7 heteroatoms. The van der Waals surface area contributed by atoms with Crippen LogP contribution in [0, 0.1) is 0 Å². The Morgan fingerprint density at radius 3 is 2.42 bits per heavy atom. The van der Waals surface area contributed by atoms with Crippen molar-refractivity contribution in [2.45, 2.75) is 46.1 Å². The molecule has 2 N–H and O–H groups in total. The summed E-state index contributed by atoms with van der Waals surface area (Å²) in [5.74, 6) is -0.289. The van der Waals surface area contributed by atoms with Gasteiger partial charge in [-0.1, -0.05) is 39.0 Å². The standard InChI is InChI=1S/C19H25BrN4O2/c1-5-11-24(13(4)18(25)21-14-9-7-6-8-10-14)19(26)17-15(20)16(12(2)3)22-23-17/h6-10,12-13H,5,11H2,1-4H3,(H,21,25)(H,22,23). The number of halogens is 1. The summed E-state index contributed by atoms with van der Waals surface area (Å²) in [5.41, 5.74) is 1.88. The van der Waals surface area contributed by atoms with E-state index in [-0.39, 0.29) is 17.7 Å². The van der Waals surface area contributed by atoms with Gasteiger partial charge >= 0.3 is 0 Å². The van der Waals surface area contributed by atoms with Gasteiger partial charge in [0.15, 0.2) is 5.69 Å². The number of amides is 2. The van der Waals surface area contributed by atoms with E-state index >= 15 is 0 Å². The van der Waals surface area contributed by atoms with Crippen LogP contribution in [0.3, 0.4) is 0 Å². The van der Waals surface area contributed by atoms with Crippen LogP contribution in [0.25, 0.3) is 0 Å². The van der Waals surface area contributed by atoms with Crippen LogP contribution >= 0.6 is 15.9 Å². The number of aromatic amines is 1. The van der Waals surface area contributed by atoms with Gasteiger partial charge in [0.05, 0.1) is 10.2 Å². The molecular weight excluding hydrogens is 396 g/mol. The summed E-state index contributed by atoms with van der Waals surface area (Å²) < 4.78 is 0.661. The number of nitrogens with zero attached hydrogens (tertiary/aromatic N) is 2. The zero-order valence-corrected chi connectivity index (χ0v) is 17.1. The van der Waals surface area contributed by atoms with Crippen LogP contribution in [0.15, 0.2) is 34.8 Å². The van der Waals surface area contributed by atoms with Crippen molar-refractivity contribution in [1.29, 1.82) is 0 Å². The van der Waals surface area contributed by atoms with E-state index in [0.717, 1.165) is 12.1 Å². The zero-order chi connectivity index (χ0) is 19.3. The molecule has 1 aromatic heterocycles. The minimum Gasteiger partial charge on any atom is -0.325 e. The Labute approximate surface area is 162 Å². The van der Waals surface area contributed by atoms with Crippen LogP contribution in [-0.2, 0) is 4.79 Å². The highest BCUT2D eigenvalue weighted by atomic mass is 79.9. The average molecular weight is 421 g/mol. The fraction of sp³-hybridized carbons (Fsp3) is 0.421. The molecule has 0 radical (unpaired) electrons. The molecule has 0 saturated carbocycles. The Balaban J connectivity index is 2.21. The van der Waals surface area contributed by atoms with E-state index in [2.05, 4.69) is 31.4 Å². The van der Waals surface area contributed by atoms with Gasteiger partial charge in [0, 0.05) is 12.2 Å². The van der Waals surface area contributed by atoms with Gasteiger partial charge in [-0.25, -0.2) is 0 Å². The molecule has 1 unspecified atom stereocenters. The monoisotopic (exact) mass is 420 g/mol. The van der Waals surface area contributed by atoms with Crippen molar-refractivity contribution >= 4 is 33.4 Å². The first-order valence-electron chi connectivity index (χ1n) is 8.77. The maximum Gasteiger partial charge on any atom is 0.276 e. The number of carbonyl (C=O) groups is 2. The minimum atomic E-state index is -0.617. The van der Waals surface area contributed by atoms with Crippen LogP contribution in [-0.4, -0.2) is 39.5 Å². The molecule has 2 amide bonds. The van der Waals surface area contributed by atoms with E-state index < -0.39 is 6.04 Å². The van der Waals surface area contributed by atoms with Crippen molar-refractivity contribution in [2.75, 3.05) is 11.9 Å². The Hall–Kier alpha value is -2.15. The number of hydrogen-bond acceptors (Lipinski definition) is 3. The maximum atomic E-state index is 13.0. The van der Waals surface area contributed by atoms with Gasteiger partial charge < -0.3 is 10.2 Å². The Morgan fingerprint density at radius 1 is 1.23 bits per heavy atom. The summed E-state index contributed by atoms with van der Waals surface area (Å²) in [6.07, 6.45) is 0.744. The second kappa shape index (κ2) is 8.98. The lowest BCUT2D eigenvalue weighted by Gasteiger charge is -2.27. The van der Waals surface area contributed by atoms with Gasteiger partial charge in [0.1, 0.15) is 6.04 Å². The number of carbonyl (C=O) groups excluding carboxylic acids is 2. The number of para-hydroxylation sites is 1. The molecule has 1 heterocycles. The fourth-order valence-corrected chi connectivity index (χ4v) is 3.43. The summed E-state index contributed by atoms with van der Waals surface area (Å²) in [4.78, 5) is 27.2. The largest absolute Gasteiger partial charge is 0.325 e. The maximum absolute atomic E-state index is 13.0. The van der Waals surface area contributed by atoms with Crippen LogP contribution in [0.2, 0.25) is 0 Å². The van der Waals surface area contributed by atoms with Crippen molar-refractivity contribution < 1.29 is 9.59 Å². The normalized spacial score (nSPS) is 12.1. The number of anilines is 1. The molecule has 0 aliphatic rings. The van der Waals surface area contributed by atoms with Gasteiger partial charge in [-0.3, -0.25) is 14.7 Å². The summed E-state index contributed by atoms with van der Waals surface area (Å²) in [5, 5.41) is 9.94.